The van der Waals surface area contributed by atoms with Crippen molar-refractivity contribution in [2.45, 2.75) is 4.34 Å². The summed E-state index contributed by atoms with van der Waals surface area (Å²) in [6, 6.07) is 0. The standard InChI is InChI=1S/C8H3Br2N3S3/c1-14-8-11-6-2(9)4-5(13-16-12-4)3(10)7(6)15-8/h1H3. The van der Waals surface area contributed by atoms with Crippen LogP contribution in [0.4, 0.5) is 0 Å². The van der Waals surface area contributed by atoms with E-state index in [1.165, 1.54) is 11.7 Å². The lowest BCUT2D eigenvalue weighted by atomic mass is 10.3. The highest BCUT2D eigenvalue weighted by atomic mass is 79.9. The van der Waals surface area contributed by atoms with E-state index in [0.717, 1.165) is 34.5 Å². The van der Waals surface area contributed by atoms with E-state index in [2.05, 4.69) is 45.6 Å². The van der Waals surface area contributed by atoms with Gasteiger partial charge in [0.1, 0.15) is 16.6 Å². The van der Waals surface area contributed by atoms with Crippen LogP contribution >= 0.6 is 66.7 Å². The molecule has 3 nitrogen and oxygen atoms in total. The Balaban J connectivity index is 2.55. The molecule has 0 aliphatic heterocycles. The molecule has 0 saturated heterocycles. The summed E-state index contributed by atoms with van der Waals surface area (Å²) in [5, 5.41) is 0. The summed E-state index contributed by atoms with van der Waals surface area (Å²) in [5.41, 5.74) is 2.74. The van der Waals surface area contributed by atoms with Crippen molar-refractivity contribution in [2.24, 2.45) is 0 Å². The lowest BCUT2D eigenvalue weighted by Gasteiger charge is -1.96. The smallest absolute Gasteiger partial charge is 0.150 e. The third kappa shape index (κ3) is 1.54. The molecule has 8 heteroatoms. The quantitative estimate of drug-likeness (QED) is 0.565. The number of aromatic nitrogens is 3. The first kappa shape index (κ1) is 11.3. The Morgan fingerprint density at radius 1 is 1.06 bits per heavy atom. The number of halogens is 2. The lowest BCUT2D eigenvalue weighted by molar-refractivity contribution is 1.30. The number of thioether (sulfide) groups is 1. The van der Waals surface area contributed by atoms with Crippen molar-refractivity contribution in [1.29, 1.82) is 0 Å². The second kappa shape index (κ2) is 4.16. The Morgan fingerprint density at radius 2 is 1.75 bits per heavy atom. The van der Waals surface area contributed by atoms with Crippen LogP contribution in [0.25, 0.3) is 21.3 Å². The number of nitrogens with zero attached hydrogens (tertiary/aromatic N) is 3. The maximum Gasteiger partial charge on any atom is 0.150 e. The van der Waals surface area contributed by atoms with Gasteiger partial charge in [-0.05, 0) is 38.1 Å². The van der Waals surface area contributed by atoms with Gasteiger partial charge in [-0.3, -0.25) is 0 Å². The molecule has 82 valence electrons. The molecule has 0 radical (unpaired) electrons. The number of fused-ring (bicyclic) bond motifs is 2. The lowest BCUT2D eigenvalue weighted by Crippen LogP contribution is -1.78. The van der Waals surface area contributed by atoms with Crippen molar-refractivity contribution in [3.05, 3.63) is 8.95 Å². The van der Waals surface area contributed by atoms with Gasteiger partial charge in [-0.1, -0.05) is 11.8 Å². The summed E-state index contributed by atoms with van der Waals surface area (Å²) in [6.45, 7) is 0. The third-order valence-electron chi connectivity index (χ3n) is 2.09. The summed E-state index contributed by atoms with van der Waals surface area (Å²) in [7, 11) is 0. The summed E-state index contributed by atoms with van der Waals surface area (Å²) < 4.78 is 12.7. The molecule has 0 aliphatic rings. The average Bonchev–Trinajstić information content (AvgIpc) is 2.92. The van der Waals surface area contributed by atoms with Crippen LogP contribution in [-0.4, -0.2) is 20.0 Å². The maximum atomic E-state index is 4.56. The summed E-state index contributed by atoms with van der Waals surface area (Å²) >= 11 is 11.7. The normalized spacial score (nSPS) is 11.7. The summed E-state index contributed by atoms with van der Waals surface area (Å²) in [6.07, 6.45) is 2.03. The fourth-order valence-electron chi connectivity index (χ4n) is 1.38. The minimum Gasteiger partial charge on any atom is -0.228 e. The van der Waals surface area contributed by atoms with Gasteiger partial charge in [0.2, 0.25) is 0 Å². The van der Waals surface area contributed by atoms with E-state index in [4.69, 9.17) is 0 Å². The van der Waals surface area contributed by atoms with Crippen molar-refractivity contribution in [3.63, 3.8) is 0 Å². The molecular weight excluding hydrogens is 394 g/mol. The molecule has 3 aromatic rings. The van der Waals surface area contributed by atoms with E-state index in [0.29, 0.717) is 0 Å². The van der Waals surface area contributed by atoms with Crippen molar-refractivity contribution in [1.82, 2.24) is 13.7 Å². The molecule has 0 N–H and O–H groups in total. The fraction of sp³-hybridized carbons (Fsp3) is 0.125. The molecule has 2 heterocycles. The molecule has 0 bridgehead atoms. The van der Waals surface area contributed by atoms with Gasteiger partial charge in [-0.25, -0.2) is 4.98 Å². The molecule has 3 rings (SSSR count). The van der Waals surface area contributed by atoms with Crippen molar-refractivity contribution >= 4 is 87.9 Å². The van der Waals surface area contributed by atoms with Crippen LogP contribution in [0.1, 0.15) is 0 Å². The van der Waals surface area contributed by atoms with Gasteiger partial charge in [-0.15, -0.1) is 11.3 Å². The van der Waals surface area contributed by atoms with Crippen molar-refractivity contribution in [3.8, 4) is 0 Å². The third-order valence-corrected chi connectivity index (χ3v) is 6.47. The van der Waals surface area contributed by atoms with Gasteiger partial charge >= 0.3 is 0 Å². The van der Waals surface area contributed by atoms with Crippen LogP contribution in [0.2, 0.25) is 0 Å². The summed E-state index contributed by atoms with van der Waals surface area (Å²) in [4.78, 5) is 4.56. The molecule has 0 unspecified atom stereocenters. The van der Waals surface area contributed by atoms with Crippen LogP contribution in [-0.2, 0) is 0 Å². The molecule has 0 saturated carbocycles. The highest BCUT2D eigenvalue weighted by molar-refractivity contribution is 9.11. The topological polar surface area (TPSA) is 38.7 Å². The van der Waals surface area contributed by atoms with E-state index in [1.807, 2.05) is 6.26 Å². The van der Waals surface area contributed by atoms with Gasteiger partial charge in [-0.2, -0.15) is 8.75 Å². The van der Waals surface area contributed by atoms with Crippen molar-refractivity contribution in [2.75, 3.05) is 6.26 Å². The minimum absolute atomic E-state index is 0.877. The van der Waals surface area contributed by atoms with Gasteiger partial charge in [0.15, 0.2) is 4.34 Å². The predicted octanol–water partition coefficient (Wildman–Crippen LogP) is 4.55. The zero-order chi connectivity index (χ0) is 11.3. The highest BCUT2D eigenvalue weighted by Gasteiger charge is 2.17. The van der Waals surface area contributed by atoms with E-state index >= 15 is 0 Å². The van der Waals surface area contributed by atoms with Crippen LogP contribution in [0.15, 0.2) is 13.3 Å². The van der Waals surface area contributed by atoms with Crippen LogP contribution in [0.3, 0.4) is 0 Å². The molecule has 16 heavy (non-hydrogen) atoms. The molecule has 0 spiro atoms. The maximum absolute atomic E-state index is 4.56. The largest absolute Gasteiger partial charge is 0.228 e. The molecule has 0 fully saturated rings. The first-order valence-corrected chi connectivity index (χ1v) is 8.52. The SMILES string of the molecule is CSc1nc2c(Br)c3nsnc3c(Br)c2s1. The molecule has 0 atom stereocenters. The average molecular weight is 397 g/mol. The van der Waals surface area contributed by atoms with Gasteiger partial charge in [0.25, 0.3) is 0 Å². The van der Waals surface area contributed by atoms with Crippen LogP contribution in [0.5, 0.6) is 0 Å². The van der Waals surface area contributed by atoms with E-state index in [9.17, 15) is 0 Å². The summed E-state index contributed by atoms with van der Waals surface area (Å²) in [5.74, 6) is 0. The number of hydrogen-bond donors (Lipinski definition) is 0. The molecular formula is C8H3Br2N3S3. The molecule has 1 aromatic carbocycles. The first-order chi connectivity index (χ1) is 7.72. The Kier molecular flexibility index (Phi) is 2.95. The number of rotatable bonds is 1. The monoisotopic (exact) mass is 395 g/mol. The first-order valence-electron chi connectivity index (χ1n) is 4.16. The van der Waals surface area contributed by atoms with E-state index < -0.39 is 0 Å². The minimum atomic E-state index is 0.877. The van der Waals surface area contributed by atoms with Crippen LogP contribution < -0.4 is 0 Å². The number of benzene rings is 1. The molecule has 2 aromatic heterocycles. The zero-order valence-corrected chi connectivity index (χ0v) is 13.4. The van der Waals surface area contributed by atoms with Crippen molar-refractivity contribution < 1.29 is 0 Å². The Hall–Kier alpha value is 0.240. The second-order valence-electron chi connectivity index (χ2n) is 2.95. The number of thiazole rings is 1. The fourth-order valence-corrected chi connectivity index (χ4v) is 5.09. The van der Waals surface area contributed by atoms with Gasteiger partial charge in [0, 0.05) is 0 Å². The number of hydrogen-bond acceptors (Lipinski definition) is 6. The van der Waals surface area contributed by atoms with Gasteiger partial charge < -0.3 is 0 Å². The second-order valence-corrected chi connectivity index (χ2v) is 7.12. The van der Waals surface area contributed by atoms with Crippen LogP contribution in [0, 0.1) is 0 Å². The Labute approximate surface area is 120 Å². The van der Waals surface area contributed by atoms with Gasteiger partial charge in [0.05, 0.1) is 25.4 Å². The predicted molar refractivity (Wildman–Crippen MR) is 77.8 cm³/mol. The zero-order valence-electron chi connectivity index (χ0n) is 7.82. The van der Waals surface area contributed by atoms with E-state index in [-0.39, 0.29) is 0 Å². The Bertz CT molecular complexity index is 637. The molecule has 0 aliphatic carbocycles. The Morgan fingerprint density at radius 3 is 2.44 bits per heavy atom. The molecule has 0 amide bonds. The van der Waals surface area contributed by atoms with E-state index in [1.54, 1.807) is 23.1 Å². The highest BCUT2D eigenvalue weighted by Crippen LogP contribution is 2.42.